The predicted molar refractivity (Wildman–Crippen MR) is 81.3 cm³/mol. The van der Waals surface area contributed by atoms with Crippen LogP contribution in [-0.4, -0.2) is 45.8 Å². The summed E-state index contributed by atoms with van der Waals surface area (Å²) < 4.78 is 1.86. The first-order valence-electron chi connectivity index (χ1n) is 7.13. The molecule has 106 valence electrons. The monoisotopic (exact) mass is 280 g/mol. The van der Waals surface area contributed by atoms with Crippen LogP contribution in [0, 0.1) is 0 Å². The van der Waals surface area contributed by atoms with Gasteiger partial charge in [0.05, 0.1) is 17.4 Å². The molecule has 0 saturated carbocycles. The van der Waals surface area contributed by atoms with Gasteiger partial charge in [-0.15, -0.1) is 0 Å². The van der Waals surface area contributed by atoms with Crippen LogP contribution in [0.3, 0.4) is 0 Å². The topological polar surface area (TPSA) is 58.4 Å². The van der Waals surface area contributed by atoms with Gasteiger partial charge in [0, 0.05) is 44.1 Å². The molecule has 0 spiro atoms. The summed E-state index contributed by atoms with van der Waals surface area (Å²) in [5.74, 6) is 0.796. The third-order valence-corrected chi connectivity index (χ3v) is 3.75. The highest BCUT2D eigenvalue weighted by molar-refractivity contribution is 5.77. The number of rotatable bonds is 2. The van der Waals surface area contributed by atoms with Gasteiger partial charge in [0.1, 0.15) is 0 Å². The van der Waals surface area contributed by atoms with E-state index in [1.54, 1.807) is 0 Å². The SMILES string of the molecule is c1ccn2ncc(-c3ccnc(N4CCNCC4)n3)c2c1. The van der Waals surface area contributed by atoms with E-state index in [-0.39, 0.29) is 0 Å². The summed E-state index contributed by atoms with van der Waals surface area (Å²) in [4.78, 5) is 11.3. The van der Waals surface area contributed by atoms with E-state index >= 15 is 0 Å². The smallest absolute Gasteiger partial charge is 0.225 e. The third kappa shape index (κ3) is 2.23. The molecule has 0 radical (unpaired) electrons. The van der Waals surface area contributed by atoms with Gasteiger partial charge in [0.25, 0.3) is 0 Å². The van der Waals surface area contributed by atoms with Crippen LogP contribution in [0.2, 0.25) is 0 Å². The van der Waals surface area contributed by atoms with Gasteiger partial charge in [-0.3, -0.25) is 0 Å². The Hall–Kier alpha value is -2.47. The molecule has 3 aromatic heterocycles. The maximum absolute atomic E-state index is 4.72. The molecule has 0 aromatic carbocycles. The van der Waals surface area contributed by atoms with Gasteiger partial charge >= 0.3 is 0 Å². The molecule has 4 rings (SSSR count). The molecule has 6 nitrogen and oxygen atoms in total. The molecule has 1 saturated heterocycles. The highest BCUT2D eigenvalue weighted by Gasteiger charge is 2.15. The Bertz CT molecular complexity index is 759. The van der Waals surface area contributed by atoms with Crippen molar-refractivity contribution in [3.8, 4) is 11.3 Å². The Morgan fingerprint density at radius 1 is 1.10 bits per heavy atom. The molecular weight excluding hydrogens is 264 g/mol. The largest absolute Gasteiger partial charge is 0.338 e. The van der Waals surface area contributed by atoms with E-state index in [9.17, 15) is 0 Å². The first kappa shape index (κ1) is 12.3. The molecule has 0 amide bonds. The number of pyridine rings is 1. The summed E-state index contributed by atoms with van der Waals surface area (Å²) in [6.07, 6.45) is 5.63. The zero-order valence-corrected chi connectivity index (χ0v) is 11.6. The molecule has 0 atom stereocenters. The van der Waals surface area contributed by atoms with Gasteiger partial charge in [-0.2, -0.15) is 5.10 Å². The second-order valence-electron chi connectivity index (χ2n) is 5.07. The first-order chi connectivity index (χ1) is 10.4. The van der Waals surface area contributed by atoms with E-state index in [2.05, 4.69) is 26.4 Å². The van der Waals surface area contributed by atoms with E-state index < -0.39 is 0 Å². The first-order valence-corrected chi connectivity index (χ1v) is 7.13. The average Bonchev–Trinajstić information content (AvgIpc) is 3.00. The van der Waals surface area contributed by atoms with Crippen molar-refractivity contribution in [1.29, 1.82) is 0 Å². The molecule has 3 aromatic rings. The van der Waals surface area contributed by atoms with Crippen molar-refractivity contribution in [3.05, 3.63) is 42.9 Å². The molecule has 1 fully saturated rings. The third-order valence-electron chi connectivity index (χ3n) is 3.75. The maximum atomic E-state index is 4.72. The quantitative estimate of drug-likeness (QED) is 0.764. The second kappa shape index (κ2) is 5.14. The fraction of sp³-hybridized carbons (Fsp3) is 0.267. The van der Waals surface area contributed by atoms with E-state index in [1.165, 1.54) is 0 Å². The van der Waals surface area contributed by atoms with Crippen LogP contribution in [0.25, 0.3) is 16.8 Å². The fourth-order valence-electron chi connectivity index (χ4n) is 2.65. The van der Waals surface area contributed by atoms with E-state index in [0.29, 0.717) is 0 Å². The molecular formula is C15H16N6. The second-order valence-corrected chi connectivity index (χ2v) is 5.07. The minimum absolute atomic E-state index is 0.796. The number of nitrogens with zero attached hydrogens (tertiary/aromatic N) is 5. The van der Waals surface area contributed by atoms with E-state index in [0.717, 1.165) is 48.9 Å². The number of nitrogens with one attached hydrogen (secondary N) is 1. The number of hydrogen-bond acceptors (Lipinski definition) is 5. The van der Waals surface area contributed by atoms with Crippen LogP contribution >= 0.6 is 0 Å². The number of hydrogen-bond donors (Lipinski definition) is 1. The van der Waals surface area contributed by atoms with Crippen LogP contribution in [0.4, 0.5) is 5.95 Å². The molecule has 0 bridgehead atoms. The van der Waals surface area contributed by atoms with Gasteiger partial charge in [-0.05, 0) is 18.2 Å². The minimum Gasteiger partial charge on any atom is -0.338 e. The number of anilines is 1. The Balaban J connectivity index is 1.75. The molecule has 0 unspecified atom stereocenters. The van der Waals surface area contributed by atoms with E-state index in [1.807, 2.05) is 41.3 Å². The summed E-state index contributed by atoms with van der Waals surface area (Å²) in [7, 11) is 0. The van der Waals surface area contributed by atoms with Crippen molar-refractivity contribution in [3.63, 3.8) is 0 Å². The molecule has 1 aliphatic heterocycles. The van der Waals surface area contributed by atoms with Crippen LogP contribution in [0.15, 0.2) is 42.9 Å². The van der Waals surface area contributed by atoms with Crippen molar-refractivity contribution >= 4 is 11.5 Å². The molecule has 0 aliphatic carbocycles. The van der Waals surface area contributed by atoms with Gasteiger partial charge < -0.3 is 10.2 Å². The summed E-state index contributed by atoms with van der Waals surface area (Å²) in [5.41, 5.74) is 3.01. The van der Waals surface area contributed by atoms with Crippen LogP contribution in [0.5, 0.6) is 0 Å². The molecule has 1 aliphatic rings. The van der Waals surface area contributed by atoms with Crippen molar-refractivity contribution in [2.24, 2.45) is 0 Å². The van der Waals surface area contributed by atoms with Gasteiger partial charge in [-0.25, -0.2) is 14.5 Å². The summed E-state index contributed by atoms with van der Waals surface area (Å²) in [5, 5.41) is 7.71. The normalized spacial score (nSPS) is 15.5. The molecule has 21 heavy (non-hydrogen) atoms. The Labute approximate surface area is 122 Å². The van der Waals surface area contributed by atoms with Gasteiger partial charge in [0.15, 0.2) is 0 Å². The highest BCUT2D eigenvalue weighted by Crippen LogP contribution is 2.23. The fourth-order valence-corrected chi connectivity index (χ4v) is 2.65. The van der Waals surface area contributed by atoms with Crippen LogP contribution in [0.1, 0.15) is 0 Å². The summed E-state index contributed by atoms with van der Waals surface area (Å²) in [6, 6.07) is 7.97. The Morgan fingerprint density at radius 3 is 2.90 bits per heavy atom. The van der Waals surface area contributed by atoms with Gasteiger partial charge in [-0.1, -0.05) is 6.07 Å². The standard InChI is InChI=1S/C15H16N6/c1-2-8-21-14(3-1)12(11-18-21)13-4-5-17-15(19-13)20-9-6-16-7-10-20/h1-5,8,11,16H,6-7,9-10H2. The number of aromatic nitrogens is 4. The van der Waals surface area contributed by atoms with Crippen molar-refractivity contribution in [2.45, 2.75) is 0 Å². The highest BCUT2D eigenvalue weighted by atomic mass is 15.3. The summed E-state index contributed by atoms with van der Waals surface area (Å²) in [6.45, 7) is 3.84. The average molecular weight is 280 g/mol. The molecule has 6 heteroatoms. The summed E-state index contributed by atoms with van der Waals surface area (Å²) >= 11 is 0. The van der Waals surface area contributed by atoms with Crippen LogP contribution < -0.4 is 10.2 Å². The van der Waals surface area contributed by atoms with Crippen molar-refractivity contribution < 1.29 is 0 Å². The Morgan fingerprint density at radius 2 is 2.00 bits per heavy atom. The lowest BCUT2D eigenvalue weighted by Crippen LogP contribution is -2.44. The molecule has 4 heterocycles. The van der Waals surface area contributed by atoms with Crippen LogP contribution in [-0.2, 0) is 0 Å². The molecule has 1 N–H and O–H groups in total. The lowest BCUT2D eigenvalue weighted by molar-refractivity contribution is 0.580. The lowest BCUT2D eigenvalue weighted by atomic mass is 10.2. The Kier molecular flexibility index (Phi) is 3.01. The zero-order chi connectivity index (χ0) is 14.1. The predicted octanol–water partition coefficient (Wildman–Crippen LogP) is 1.20. The maximum Gasteiger partial charge on any atom is 0.225 e. The van der Waals surface area contributed by atoms with Gasteiger partial charge in [0.2, 0.25) is 5.95 Å². The number of fused-ring (bicyclic) bond motifs is 1. The van der Waals surface area contributed by atoms with Crippen molar-refractivity contribution in [2.75, 3.05) is 31.1 Å². The lowest BCUT2D eigenvalue weighted by Gasteiger charge is -2.27. The van der Waals surface area contributed by atoms with E-state index in [4.69, 9.17) is 4.98 Å². The number of piperazine rings is 1. The minimum atomic E-state index is 0.796. The zero-order valence-electron chi connectivity index (χ0n) is 11.6. The van der Waals surface area contributed by atoms with Crippen molar-refractivity contribution in [1.82, 2.24) is 24.9 Å².